The van der Waals surface area contributed by atoms with Crippen LogP contribution in [0.15, 0.2) is 54.6 Å². The van der Waals surface area contributed by atoms with E-state index in [9.17, 15) is 13.2 Å². The number of nitrogens with zero attached hydrogens (tertiary/aromatic N) is 2. The summed E-state index contributed by atoms with van der Waals surface area (Å²) < 4.78 is 23.4. The fourth-order valence-electron chi connectivity index (χ4n) is 4.13. The lowest BCUT2D eigenvalue weighted by Crippen LogP contribution is -2.52. The normalized spacial score (nSPS) is 22.3. The van der Waals surface area contributed by atoms with Crippen molar-refractivity contribution in [2.24, 2.45) is 0 Å². The number of carbonyl (C=O) groups is 1. The molecule has 0 aromatic heterocycles. The molecule has 2 aliphatic heterocycles. The molecule has 2 aromatic carbocycles. The molecule has 1 atom stereocenters. The molecule has 2 aromatic rings. The maximum Gasteiger partial charge on any atom is 0.227 e. The molecular formula is C22H26N2O3S. The zero-order chi connectivity index (χ0) is 19.6. The molecule has 28 heavy (non-hydrogen) atoms. The van der Waals surface area contributed by atoms with E-state index in [1.165, 1.54) is 5.56 Å². The van der Waals surface area contributed by atoms with Gasteiger partial charge in [0, 0.05) is 32.2 Å². The zero-order valence-corrected chi connectivity index (χ0v) is 16.8. The van der Waals surface area contributed by atoms with Gasteiger partial charge in [-0.15, -0.1) is 0 Å². The summed E-state index contributed by atoms with van der Waals surface area (Å²) in [5, 5.41) is 0. The van der Waals surface area contributed by atoms with E-state index in [1.807, 2.05) is 35.2 Å². The summed E-state index contributed by atoms with van der Waals surface area (Å²) in [5.74, 6) is 0.718. The Morgan fingerprint density at radius 2 is 1.54 bits per heavy atom. The molecule has 1 unspecified atom stereocenters. The van der Waals surface area contributed by atoms with Crippen molar-refractivity contribution < 1.29 is 13.2 Å². The minimum Gasteiger partial charge on any atom is -0.340 e. The second-order valence-corrected chi connectivity index (χ2v) is 9.94. The van der Waals surface area contributed by atoms with Crippen molar-refractivity contribution >= 4 is 15.7 Å². The van der Waals surface area contributed by atoms with E-state index in [2.05, 4.69) is 29.2 Å². The molecule has 5 nitrogen and oxygen atoms in total. The van der Waals surface area contributed by atoms with Crippen LogP contribution in [0.5, 0.6) is 0 Å². The number of rotatable bonds is 4. The van der Waals surface area contributed by atoms with E-state index in [4.69, 9.17) is 0 Å². The number of piperazine rings is 1. The maximum atomic E-state index is 12.7. The SMILES string of the molecule is O=C(Cc1ccc(-c2ccccc2)cc1)N1CCN(C2CCS(=O)(=O)C2)CC1. The predicted octanol–water partition coefficient (Wildman–Crippen LogP) is 2.23. The number of carbonyl (C=O) groups excluding carboxylic acids is 1. The highest BCUT2D eigenvalue weighted by Crippen LogP contribution is 2.21. The van der Waals surface area contributed by atoms with Crippen LogP contribution >= 0.6 is 0 Å². The van der Waals surface area contributed by atoms with Crippen LogP contribution in [-0.2, 0) is 21.1 Å². The van der Waals surface area contributed by atoms with Crippen LogP contribution in [0.4, 0.5) is 0 Å². The van der Waals surface area contributed by atoms with Crippen molar-refractivity contribution in [3.63, 3.8) is 0 Å². The van der Waals surface area contributed by atoms with Gasteiger partial charge >= 0.3 is 0 Å². The summed E-state index contributed by atoms with van der Waals surface area (Å²) in [7, 11) is -2.86. The van der Waals surface area contributed by atoms with Gasteiger partial charge in [0.25, 0.3) is 0 Å². The van der Waals surface area contributed by atoms with E-state index in [0.717, 1.165) is 30.6 Å². The number of amides is 1. The van der Waals surface area contributed by atoms with Gasteiger partial charge in [-0.1, -0.05) is 54.6 Å². The summed E-state index contributed by atoms with van der Waals surface area (Å²) in [6.45, 7) is 2.88. The predicted molar refractivity (Wildman–Crippen MR) is 111 cm³/mol. The summed E-state index contributed by atoms with van der Waals surface area (Å²) in [5.41, 5.74) is 3.34. The highest BCUT2D eigenvalue weighted by molar-refractivity contribution is 7.91. The van der Waals surface area contributed by atoms with Crippen LogP contribution in [0, 0.1) is 0 Å². The lowest BCUT2D eigenvalue weighted by molar-refractivity contribution is -0.132. The largest absolute Gasteiger partial charge is 0.340 e. The van der Waals surface area contributed by atoms with Gasteiger partial charge in [-0.05, 0) is 23.1 Å². The van der Waals surface area contributed by atoms with Crippen molar-refractivity contribution in [1.29, 1.82) is 0 Å². The second kappa shape index (κ2) is 8.05. The number of sulfone groups is 1. The third-order valence-electron chi connectivity index (χ3n) is 5.81. The molecular weight excluding hydrogens is 372 g/mol. The van der Waals surface area contributed by atoms with Gasteiger partial charge < -0.3 is 4.90 Å². The van der Waals surface area contributed by atoms with Crippen LogP contribution in [-0.4, -0.2) is 67.9 Å². The average Bonchev–Trinajstić information content (AvgIpc) is 3.09. The second-order valence-electron chi connectivity index (χ2n) is 7.71. The van der Waals surface area contributed by atoms with Gasteiger partial charge in [-0.25, -0.2) is 8.42 Å². The van der Waals surface area contributed by atoms with Gasteiger partial charge in [-0.2, -0.15) is 0 Å². The van der Waals surface area contributed by atoms with Crippen LogP contribution < -0.4 is 0 Å². The van der Waals surface area contributed by atoms with Gasteiger partial charge in [0.1, 0.15) is 0 Å². The Balaban J connectivity index is 1.30. The van der Waals surface area contributed by atoms with Gasteiger partial charge in [-0.3, -0.25) is 9.69 Å². The van der Waals surface area contributed by atoms with Gasteiger partial charge in [0.2, 0.25) is 5.91 Å². The number of hydrogen-bond donors (Lipinski definition) is 0. The smallest absolute Gasteiger partial charge is 0.227 e. The Bertz CT molecular complexity index is 918. The summed E-state index contributed by atoms with van der Waals surface area (Å²) in [6, 6.07) is 18.5. The van der Waals surface area contributed by atoms with Crippen molar-refractivity contribution in [1.82, 2.24) is 9.80 Å². The molecule has 2 aliphatic rings. The molecule has 2 saturated heterocycles. The van der Waals surface area contributed by atoms with Crippen LogP contribution in [0.25, 0.3) is 11.1 Å². The fraction of sp³-hybridized carbons (Fsp3) is 0.409. The highest BCUT2D eigenvalue weighted by Gasteiger charge is 2.34. The third-order valence-corrected chi connectivity index (χ3v) is 7.56. The first-order valence-corrected chi connectivity index (χ1v) is 11.7. The molecule has 0 N–H and O–H groups in total. The first-order valence-electron chi connectivity index (χ1n) is 9.87. The molecule has 0 saturated carbocycles. The Hall–Kier alpha value is -2.18. The van der Waals surface area contributed by atoms with Crippen molar-refractivity contribution in [2.45, 2.75) is 18.9 Å². The summed E-state index contributed by atoms with van der Waals surface area (Å²) >= 11 is 0. The standard InChI is InChI=1S/C22H26N2O3S/c25-22(16-18-6-8-20(9-7-18)19-4-2-1-3-5-19)24-13-11-23(12-14-24)21-10-15-28(26,27)17-21/h1-9,21H,10-17H2. The van der Waals surface area contributed by atoms with E-state index >= 15 is 0 Å². The Morgan fingerprint density at radius 3 is 2.14 bits per heavy atom. The first kappa shape index (κ1) is 19.2. The Labute approximate surface area is 166 Å². The number of benzene rings is 2. The molecule has 6 heteroatoms. The maximum absolute atomic E-state index is 12.7. The highest BCUT2D eigenvalue weighted by atomic mass is 32.2. The van der Waals surface area contributed by atoms with Crippen molar-refractivity contribution in [3.8, 4) is 11.1 Å². The summed E-state index contributed by atoms with van der Waals surface area (Å²) in [4.78, 5) is 16.8. The molecule has 148 valence electrons. The lowest BCUT2D eigenvalue weighted by atomic mass is 10.0. The van der Waals surface area contributed by atoms with E-state index < -0.39 is 9.84 Å². The zero-order valence-electron chi connectivity index (χ0n) is 16.0. The van der Waals surface area contributed by atoms with E-state index in [1.54, 1.807) is 0 Å². The molecule has 1 amide bonds. The molecule has 0 bridgehead atoms. The minimum atomic E-state index is -2.86. The molecule has 4 rings (SSSR count). The minimum absolute atomic E-state index is 0.132. The van der Waals surface area contributed by atoms with E-state index in [0.29, 0.717) is 25.3 Å². The molecule has 0 aliphatic carbocycles. The molecule has 2 heterocycles. The third kappa shape index (κ3) is 4.45. The first-order chi connectivity index (χ1) is 13.5. The summed E-state index contributed by atoms with van der Waals surface area (Å²) in [6.07, 6.45) is 1.14. The lowest BCUT2D eigenvalue weighted by Gasteiger charge is -2.37. The quantitative estimate of drug-likeness (QED) is 0.793. The molecule has 0 spiro atoms. The monoisotopic (exact) mass is 398 g/mol. The van der Waals surface area contributed by atoms with E-state index in [-0.39, 0.29) is 17.7 Å². The Morgan fingerprint density at radius 1 is 0.893 bits per heavy atom. The van der Waals surface area contributed by atoms with Gasteiger partial charge in [0.05, 0.1) is 17.9 Å². The van der Waals surface area contributed by atoms with Crippen molar-refractivity contribution in [3.05, 3.63) is 60.2 Å². The van der Waals surface area contributed by atoms with Crippen LogP contribution in [0.3, 0.4) is 0 Å². The average molecular weight is 399 g/mol. The molecule has 0 radical (unpaired) electrons. The fourth-order valence-corrected chi connectivity index (χ4v) is 5.89. The van der Waals surface area contributed by atoms with Crippen LogP contribution in [0.1, 0.15) is 12.0 Å². The Kier molecular flexibility index (Phi) is 5.51. The van der Waals surface area contributed by atoms with Gasteiger partial charge in [0.15, 0.2) is 9.84 Å². The topological polar surface area (TPSA) is 57.7 Å². The molecule has 2 fully saturated rings. The number of hydrogen-bond acceptors (Lipinski definition) is 4. The van der Waals surface area contributed by atoms with Crippen molar-refractivity contribution in [2.75, 3.05) is 37.7 Å². The van der Waals surface area contributed by atoms with Crippen LogP contribution in [0.2, 0.25) is 0 Å².